The Bertz CT molecular complexity index is 1080. The van der Waals surface area contributed by atoms with Crippen molar-refractivity contribution in [3.05, 3.63) is 101 Å². The van der Waals surface area contributed by atoms with Gasteiger partial charge >= 0.3 is 0 Å². The summed E-state index contributed by atoms with van der Waals surface area (Å²) in [5.41, 5.74) is 4.05. The van der Waals surface area contributed by atoms with Gasteiger partial charge in [-0.1, -0.05) is 72.8 Å². The molecule has 34 heavy (non-hydrogen) atoms. The maximum Gasteiger partial charge on any atom is 0.261 e. The predicted molar refractivity (Wildman–Crippen MR) is 136 cm³/mol. The molecule has 5 heteroatoms. The molecule has 3 rings (SSSR count). The van der Waals surface area contributed by atoms with Crippen molar-refractivity contribution in [1.29, 1.82) is 0 Å². The normalized spacial score (nSPS) is 11.7. The maximum atomic E-state index is 13.6. The summed E-state index contributed by atoms with van der Waals surface area (Å²) in [7, 11) is 0. The number of ether oxygens (including phenoxy) is 1. The lowest BCUT2D eigenvalue weighted by Crippen LogP contribution is -2.52. The van der Waals surface area contributed by atoms with Crippen LogP contribution in [0.1, 0.15) is 36.1 Å². The second-order valence-corrected chi connectivity index (χ2v) is 8.86. The van der Waals surface area contributed by atoms with E-state index >= 15 is 0 Å². The molecule has 0 saturated heterocycles. The van der Waals surface area contributed by atoms with Crippen molar-refractivity contribution in [1.82, 2.24) is 10.2 Å². The Morgan fingerprint density at radius 1 is 0.853 bits per heavy atom. The van der Waals surface area contributed by atoms with Crippen molar-refractivity contribution in [3.63, 3.8) is 0 Å². The van der Waals surface area contributed by atoms with E-state index in [9.17, 15) is 9.59 Å². The molecule has 0 heterocycles. The zero-order chi connectivity index (χ0) is 24.5. The summed E-state index contributed by atoms with van der Waals surface area (Å²) in [4.78, 5) is 28.5. The minimum absolute atomic E-state index is 0.0364. The molecule has 0 spiro atoms. The van der Waals surface area contributed by atoms with E-state index in [2.05, 4.69) is 5.32 Å². The molecular formula is C29H34N2O3. The molecule has 0 radical (unpaired) electrons. The van der Waals surface area contributed by atoms with E-state index < -0.39 is 6.04 Å². The van der Waals surface area contributed by atoms with E-state index in [1.54, 1.807) is 4.90 Å². The van der Waals surface area contributed by atoms with Gasteiger partial charge in [0.15, 0.2) is 6.61 Å². The van der Waals surface area contributed by atoms with Crippen molar-refractivity contribution in [2.24, 2.45) is 0 Å². The van der Waals surface area contributed by atoms with E-state index in [4.69, 9.17) is 4.74 Å². The molecule has 1 unspecified atom stereocenters. The molecule has 5 nitrogen and oxygen atoms in total. The van der Waals surface area contributed by atoms with Crippen LogP contribution in [0.15, 0.2) is 78.9 Å². The molecule has 0 aliphatic heterocycles. The topological polar surface area (TPSA) is 58.6 Å². The third-order valence-electron chi connectivity index (χ3n) is 5.80. The lowest BCUT2D eigenvalue weighted by atomic mass is 10.0. The SMILES string of the molecule is Cc1cccc(OCC(=O)N(Cc2ccccc2)C(Cc2ccccc2)C(=O)NC(C)C)c1C. The van der Waals surface area contributed by atoms with Crippen molar-refractivity contribution in [2.45, 2.75) is 52.7 Å². The lowest BCUT2D eigenvalue weighted by Gasteiger charge is -2.32. The Morgan fingerprint density at radius 2 is 1.47 bits per heavy atom. The number of amides is 2. The van der Waals surface area contributed by atoms with Crippen LogP contribution < -0.4 is 10.1 Å². The molecule has 0 aliphatic rings. The summed E-state index contributed by atoms with van der Waals surface area (Å²) < 4.78 is 5.94. The summed E-state index contributed by atoms with van der Waals surface area (Å²) in [6.07, 6.45) is 0.418. The van der Waals surface area contributed by atoms with E-state index in [1.165, 1.54) is 0 Å². The van der Waals surface area contributed by atoms with Gasteiger partial charge in [-0.15, -0.1) is 0 Å². The molecule has 2 amide bonds. The molecule has 0 bridgehead atoms. The van der Waals surface area contributed by atoms with Gasteiger partial charge in [-0.25, -0.2) is 0 Å². The largest absolute Gasteiger partial charge is 0.483 e. The number of hydrogen-bond acceptors (Lipinski definition) is 3. The van der Waals surface area contributed by atoms with E-state index in [-0.39, 0.29) is 24.5 Å². The first-order chi connectivity index (χ1) is 16.3. The zero-order valence-corrected chi connectivity index (χ0v) is 20.5. The summed E-state index contributed by atoms with van der Waals surface area (Å²) in [5.74, 6) is 0.277. The van der Waals surface area contributed by atoms with Crippen molar-refractivity contribution in [2.75, 3.05) is 6.61 Å². The smallest absolute Gasteiger partial charge is 0.261 e. The number of aryl methyl sites for hydroxylation is 1. The van der Waals surface area contributed by atoms with E-state index in [1.807, 2.05) is 107 Å². The van der Waals surface area contributed by atoms with E-state index in [0.717, 1.165) is 22.3 Å². The number of nitrogens with zero attached hydrogens (tertiary/aromatic N) is 1. The van der Waals surface area contributed by atoms with Gasteiger partial charge in [0.1, 0.15) is 11.8 Å². The standard InChI is InChI=1S/C29H34N2O3/c1-21(2)30-29(33)26(18-24-13-7-5-8-14-24)31(19-25-15-9-6-10-16-25)28(32)20-34-27-17-11-12-22(3)23(27)4/h5-17,21,26H,18-20H2,1-4H3,(H,30,33). The van der Waals surface area contributed by atoms with Crippen molar-refractivity contribution in [3.8, 4) is 5.75 Å². The summed E-state index contributed by atoms with van der Waals surface area (Å²) in [6.45, 7) is 8.01. The third kappa shape index (κ3) is 6.95. The highest BCUT2D eigenvalue weighted by molar-refractivity contribution is 5.88. The first kappa shape index (κ1) is 25.0. The monoisotopic (exact) mass is 458 g/mol. The molecule has 3 aromatic rings. The maximum absolute atomic E-state index is 13.6. The molecule has 1 atom stereocenters. The minimum atomic E-state index is -0.667. The number of carbonyl (C=O) groups is 2. The van der Waals surface area contributed by atoms with Crippen LogP contribution in [-0.2, 0) is 22.6 Å². The first-order valence-corrected chi connectivity index (χ1v) is 11.7. The second-order valence-electron chi connectivity index (χ2n) is 8.86. The Labute approximate surface area is 202 Å². The molecule has 1 N–H and O–H groups in total. The van der Waals surface area contributed by atoms with Crippen molar-refractivity contribution >= 4 is 11.8 Å². The Hall–Kier alpha value is -3.60. The van der Waals surface area contributed by atoms with Gasteiger partial charge in [-0.3, -0.25) is 9.59 Å². The number of benzene rings is 3. The molecule has 0 saturated carbocycles. The van der Waals surface area contributed by atoms with Gasteiger partial charge in [0.25, 0.3) is 5.91 Å². The van der Waals surface area contributed by atoms with Crippen LogP contribution in [0.5, 0.6) is 5.75 Å². The number of hydrogen-bond donors (Lipinski definition) is 1. The summed E-state index contributed by atoms with van der Waals surface area (Å²) in [6, 6.07) is 24.6. The average Bonchev–Trinajstić information content (AvgIpc) is 2.83. The number of carbonyl (C=O) groups excluding carboxylic acids is 2. The fourth-order valence-electron chi connectivity index (χ4n) is 3.82. The summed E-state index contributed by atoms with van der Waals surface area (Å²) >= 11 is 0. The van der Waals surface area contributed by atoms with Gasteiger partial charge in [-0.2, -0.15) is 0 Å². The summed E-state index contributed by atoms with van der Waals surface area (Å²) in [5, 5.41) is 3.00. The average molecular weight is 459 g/mol. The first-order valence-electron chi connectivity index (χ1n) is 11.7. The van der Waals surface area contributed by atoms with Crippen LogP contribution in [0.25, 0.3) is 0 Å². The molecule has 178 valence electrons. The highest BCUT2D eigenvalue weighted by atomic mass is 16.5. The Kier molecular flexibility index (Phi) is 8.86. The Morgan fingerprint density at radius 3 is 2.09 bits per heavy atom. The molecule has 0 aliphatic carbocycles. The number of rotatable bonds is 10. The lowest BCUT2D eigenvalue weighted by molar-refractivity contribution is -0.143. The predicted octanol–water partition coefficient (Wildman–Crippen LogP) is 4.85. The van der Waals surface area contributed by atoms with Crippen molar-refractivity contribution < 1.29 is 14.3 Å². The Balaban J connectivity index is 1.90. The zero-order valence-electron chi connectivity index (χ0n) is 20.5. The fraction of sp³-hybridized carbons (Fsp3) is 0.310. The van der Waals surface area contributed by atoms with Gasteiger partial charge in [0.05, 0.1) is 0 Å². The molecule has 0 fully saturated rings. The van der Waals surface area contributed by atoms with Crippen LogP contribution >= 0.6 is 0 Å². The minimum Gasteiger partial charge on any atom is -0.483 e. The fourth-order valence-corrected chi connectivity index (χ4v) is 3.82. The molecule has 0 aromatic heterocycles. The van der Waals surface area contributed by atoms with Crippen LogP contribution in [0.4, 0.5) is 0 Å². The van der Waals surface area contributed by atoms with Gasteiger partial charge in [-0.05, 0) is 56.0 Å². The van der Waals surface area contributed by atoms with Gasteiger partial charge in [0.2, 0.25) is 5.91 Å². The van der Waals surface area contributed by atoms with Crippen LogP contribution in [0.2, 0.25) is 0 Å². The van der Waals surface area contributed by atoms with Crippen LogP contribution in [0.3, 0.4) is 0 Å². The highest BCUT2D eigenvalue weighted by Gasteiger charge is 2.31. The van der Waals surface area contributed by atoms with E-state index in [0.29, 0.717) is 18.7 Å². The molecule has 3 aromatic carbocycles. The highest BCUT2D eigenvalue weighted by Crippen LogP contribution is 2.21. The van der Waals surface area contributed by atoms with Gasteiger partial charge in [0, 0.05) is 19.0 Å². The van der Waals surface area contributed by atoms with Crippen LogP contribution in [0, 0.1) is 13.8 Å². The van der Waals surface area contributed by atoms with Crippen LogP contribution in [-0.4, -0.2) is 35.4 Å². The quantitative estimate of drug-likeness (QED) is 0.473. The molecular weight excluding hydrogens is 424 g/mol. The second kappa shape index (κ2) is 12.0. The third-order valence-corrected chi connectivity index (χ3v) is 5.80. The number of nitrogens with one attached hydrogen (secondary N) is 1. The van der Waals surface area contributed by atoms with Gasteiger partial charge < -0.3 is 15.0 Å².